The van der Waals surface area contributed by atoms with Crippen molar-refractivity contribution >= 4 is 5.82 Å². The summed E-state index contributed by atoms with van der Waals surface area (Å²) in [6.45, 7) is 2.53. The third-order valence-corrected chi connectivity index (χ3v) is 3.37. The highest BCUT2D eigenvalue weighted by atomic mass is 16.1. The molecule has 0 aliphatic heterocycles. The van der Waals surface area contributed by atoms with E-state index in [1.807, 2.05) is 25.1 Å². The fourth-order valence-corrected chi connectivity index (χ4v) is 2.32. The van der Waals surface area contributed by atoms with E-state index in [1.54, 1.807) is 10.8 Å². The van der Waals surface area contributed by atoms with E-state index in [2.05, 4.69) is 10.3 Å². The Morgan fingerprint density at radius 1 is 1.44 bits per heavy atom. The molecule has 0 bridgehead atoms. The van der Waals surface area contributed by atoms with Gasteiger partial charge in [-0.1, -0.05) is 31.4 Å². The SMILES string of the molecule is C/C=C/Cn1ccc(NC2CCCCC2)nc1=O. The van der Waals surface area contributed by atoms with Gasteiger partial charge < -0.3 is 5.32 Å². The zero-order valence-corrected chi connectivity index (χ0v) is 10.9. The van der Waals surface area contributed by atoms with E-state index in [1.165, 1.54) is 32.1 Å². The average Bonchev–Trinajstić information content (AvgIpc) is 2.39. The molecule has 2 rings (SSSR count). The summed E-state index contributed by atoms with van der Waals surface area (Å²) in [6.07, 6.45) is 11.9. The van der Waals surface area contributed by atoms with Gasteiger partial charge in [-0.25, -0.2) is 4.79 Å². The van der Waals surface area contributed by atoms with Gasteiger partial charge >= 0.3 is 5.69 Å². The van der Waals surface area contributed by atoms with E-state index in [0.717, 1.165) is 0 Å². The molecule has 0 unspecified atom stereocenters. The van der Waals surface area contributed by atoms with Gasteiger partial charge in [0.15, 0.2) is 0 Å². The zero-order valence-electron chi connectivity index (χ0n) is 10.9. The van der Waals surface area contributed by atoms with Gasteiger partial charge in [-0.15, -0.1) is 0 Å². The van der Waals surface area contributed by atoms with Gasteiger partial charge in [-0.05, 0) is 25.8 Å². The van der Waals surface area contributed by atoms with Crippen molar-refractivity contribution in [2.45, 2.75) is 51.6 Å². The zero-order chi connectivity index (χ0) is 12.8. The van der Waals surface area contributed by atoms with Gasteiger partial charge in [0.2, 0.25) is 0 Å². The van der Waals surface area contributed by atoms with Crippen LogP contribution in [0.15, 0.2) is 29.2 Å². The molecule has 0 radical (unpaired) electrons. The summed E-state index contributed by atoms with van der Waals surface area (Å²) in [5.41, 5.74) is -0.186. The van der Waals surface area contributed by atoms with Crippen LogP contribution >= 0.6 is 0 Å². The molecule has 1 aromatic heterocycles. The first-order valence-electron chi connectivity index (χ1n) is 6.75. The highest BCUT2D eigenvalue weighted by molar-refractivity contribution is 5.33. The molecule has 0 amide bonds. The topological polar surface area (TPSA) is 46.9 Å². The van der Waals surface area contributed by atoms with E-state index in [0.29, 0.717) is 18.4 Å². The summed E-state index contributed by atoms with van der Waals surface area (Å²) in [7, 11) is 0. The lowest BCUT2D eigenvalue weighted by Crippen LogP contribution is -2.27. The highest BCUT2D eigenvalue weighted by Crippen LogP contribution is 2.20. The van der Waals surface area contributed by atoms with E-state index in [-0.39, 0.29) is 5.69 Å². The second-order valence-electron chi connectivity index (χ2n) is 4.80. The summed E-state index contributed by atoms with van der Waals surface area (Å²) in [5, 5.41) is 3.36. The van der Waals surface area contributed by atoms with Gasteiger partial charge in [0.1, 0.15) is 5.82 Å². The summed E-state index contributed by atoms with van der Waals surface area (Å²) in [4.78, 5) is 15.8. The van der Waals surface area contributed by atoms with Crippen molar-refractivity contribution in [3.8, 4) is 0 Å². The van der Waals surface area contributed by atoms with Crippen LogP contribution in [0, 0.1) is 0 Å². The molecule has 0 spiro atoms. The number of nitrogens with zero attached hydrogens (tertiary/aromatic N) is 2. The Kier molecular flexibility index (Phi) is 4.56. The van der Waals surface area contributed by atoms with Crippen LogP contribution in [0.5, 0.6) is 0 Å². The lowest BCUT2D eigenvalue weighted by Gasteiger charge is -2.23. The first kappa shape index (κ1) is 12.9. The number of anilines is 1. The van der Waals surface area contributed by atoms with E-state index in [4.69, 9.17) is 0 Å². The smallest absolute Gasteiger partial charge is 0.349 e. The molecule has 4 heteroatoms. The second kappa shape index (κ2) is 6.38. The number of allylic oxidation sites excluding steroid dienone is 2. The van der Waals surface area contributed by atoms with Gasteiger partial charge in [-0.2, -0.15) is 4.98 Å². The van der Waals surface area contributed by atoms with Crippen molar-refractivity contribution in [1.29, 1.82) is 0 Å². The van der Waals surface area contributed by atoms with Gasteiger partial charge in [0.05, 0.1) is 0 Å². The third kappa shape index (κ3) is 3.45. The maximum absolute atomic E-state index is 11.8. The lowest BCUT2D eigenvalue weighted by atomic mass is 9.95. The molecule has 0 atom stereocenters. The van der Waals surface area contributed by atoms with Crippen molar-refractivity contribution in [1.82, 2.24) is 9.55 Å². The molecule has 1 aliphatic carbocycles. The Morgan fingerprint density at radius 2 is 2.22 bits per heavy atom. The van der Waals surface area contributed by atoms with Crippen molar-refractivity contribution in [2.24, 2.45) is 0 Å². The van der Waals surface area contributed by atoms with E-state index < -0.39 is 0 Å². The molecule has 1 heterocycles. The molecular weight excluding hydrogens is 226 g/mol. The molecule has 1 aromatic rings. The molecule has 0 saturated heterocycles. The van der Waals surface area contributed by atoms with Gasteiger partial charge in [0, 0.05) is 18.8 Å². The van der Waals surface area contributed by atoms with Crippen molar-refractivity contribution in [2.75, 3.05) is 5.32 Å². The van der Waals surface area contributed by atoms with Crippen molar-refractivity contribution < 1.29 is 0 Å². The molecule has 1 aliphatic rings. The predicted octanol–water partition coefficient (Wildman–Crippen LogP) is 2.56. The average molecular weight is 247 g/mol. The number of rotatable bonds is 4. The van der Waals surface area contributed by atoms with Crippen LogP contribution in [0.3, 0.4) is 0 Å². The van der Waals surface area contributed by atoms with Crippen LogP contribution < -0.4 is 11.0 Å². The van der Waals surface area contributed by atoms with Crippen LogP contribution in [-0.4, -0.2) is 15.6 Å². The monoisotopic (exact) mass is 247 g/mol. The summed E-state index contributed by atoms with van der Waals surface area (Å²) >= 11 is 0. The minimum absolute atomic E-state index is 0.186. The van der Waals surface area contributed by atoms with E-state index >= 15 is 0 Å². The molecular formula is C14H21N3O. The standard InChI is InChI=1S/C14H21N3O/c1-2-3-10-17-11-9-13(16-14(17)18)15-12-7-5-4-6-8-12/h2-3,9,11-12H,4-8,10H2,1H3,(H,15,16,18)/b3-2+. The number of nitrogens with one attached hydrogen (secondary N) is 1. The Hall–Kier alpha value is -1.58. The Morgan fingerprint density at radius 3 is 2.89 bits per heavy atom. The highest BCUT2D eigenvalue weighted by Gasteiger charge is 2.13. The maximum Gasteiger partial charge on any atom is 0.349 e. The summed E-state index contributed by atoms with van der Waals surface area (Å²) in [6, 6.07) is 2.37. The maximum atomic E-state index is 11.8. The summed E-state index contributed by atoms with van der Waals surface area (Å²) in [5.74, 6) is 0.712. The normalized spacial score (nSPS) is 17.2. The molecule has 18 heavy (non-hydrogen) atoms. The molecule has 1 fully saturated rings. The number of aromatic nitrogens is 2. The Bertz CT molecular complexity index is 458. The third-order valence-electron chi connectivity index (χ3n) is 3.37. The minimum Gasteiger partial charge on any atom is -0.367 e. The lowest BCUT2D eigenvalue weighted by molar-refractivity contribution is 0.461. The quantitative estimate of drug-likeness (QED) is 0.832. The van der Waals surface area contributed by atoms with Crippen LogP contribution in [-0.2, 0) is 6.54 Å². The molecule has 98 valence electrons. The molecule has 4 nitrogen and oxygen atoms in total. The summed E-state index contributed by atoms with van der Waals surface area (Å²) < 4.78 is 1.60. The van der Waals surface area contributed by atoms with Crippen LogP contribution in [0.2, 0.25) is 0 Å². The molecule has 1 N–H and O–H groups in total. The van der Waals surface area contributed by atoms with Crippen LogP contribution in [0.25, 0.3) is 0 Å². The fourth-order valence-electron chi connectivity index (χ4n) is 2.32. The predicted molar refractivity (Wildman–Crippen MR) is 73.8 cm³/mol. The van der Waals surface area contributed by atoms with Crippen LogP contribution in [0.1, 0.15) is 39.0 Å². The first-order chi connectivity index (χ1) is 8.79. The minimum atomic E-state index is -0.186. The van der Waals surface area contributed by atoms with Crippen LogP contribution in [0.4, 0.5) is 5.82 Å². The van der Waals surface area contributed by atoms with Crippen molar-refractivity contribution in [3.05, 3.63) is 34.9 Å². The van der Waals surface area contributed by atoms with Crippen molar-refractivity contribution in [3.63, 3.8) is 0 Å². The number of hydrogen-bond acceptors (Lipinski definition) is 3. The Balaban J connectivity index is 2.01. The fraction of sp³-hybridized carbons (Fsp3) is 0.571. The molecule has 0 aromatic carbocycles. The largest absolute Gasteiger partial charge is 0.367 e. The van der Waals surface area contributed by atoms with Gasteiger partial charge in [-0.3, -0.25) is 4.57 Å². The van der Waals surface area contributed by atoms with E-state index in [9.17, 15) is 4.79 Å². The van der Waals surface area contributed by atoms with Gasteiger partial charge in [0.25, 0.3) is 0 Å². The number of hydrogen-bond donors (Lipinski definition) is 1. The Labute approximate surface area is 108 Å². The molecule has 1 saturated carbocycles. The first-order valence-corrected chi connectivity index (χ1v) is 6.75. The second-order valence-corrected chi connectivity index (χ2v) is 4.80.